The van der Waals surface area contributed by atoms with Gasteiger partial charge in [-0.3, -0.25) is 0 Å². The molecule has 0 atom stereocenters. The molecule has 4 nitrogen and oxygen atoms in total. The number of rotatable bonds is 0. The molecule has 0 saturated heterocycles. The second kappa shape index (κ2) is 6.15. The third kappa shape index (κ3) is 4.27. The van der Waals surface area contributed by atoms with Gasteiger partial charge in [0.15, 0.2) is 0 Å². The van der Waals surface area contributed by atoms with Gasteiger partial charge in [-0.2, -0.15) is 0 Å². The van der Waals surface area contributed by atoms with Crippen molar-refractivity contribution in [1.82, 2.24) is 16.0 Å². The lowest BCUT2D eigenvalue weighted by Crippen LogP contribution is -2.16. The van der Waals surface area contributed by atoms with Crippen molar-refractivity contribution < 1.29 is 4.74 Å². The molecule has 2 aliphatic heterocycles. The van der Waals surface area contributed by atoms with Gasteiger partial charge in [0.25, 0.3) is 0 Å². The monoisotopic (exact) mass is 167 g/mol. The highest BCUT2D eigenvalue weighted by Crippen LogP contribution is 1.79. The average molecular weight is 167 g/mol. The predicted molar refractivity (Wildman–Crippen MR) is 47.6 cm³/mol. The SMILES string of the molecule is C1=CNC=CN1.C1=COCCN1. The molecule has 0 unspecified atom stereocenters. The first kappa shape index (κ1) is 8.52. The Balaban J connectivity index is 0.000000120. The lowest BCUT2D eigenvalue weighted by Gasteiger charge is -2.05. The van der Waals surface area contributed by atoms with Gasteiger partial charge in [0, 0.05) is 37.5 Å². The Hall–Kier alpha value is -1.58. The minimum absolute atomic E-state index is 0.802. The molecule has 66 valence electrons. The summed E-state index contributed by atoms with van der Waals surface area (Å²) in [4.78, 5) is 0. The molecular formula is C8H13N3O. The summed E-state index contributed by atoms with van der Waals surface area (Å²) in [5, 5.41) is 8.70. The van der Waals surface area contributed by atoms with Crippen molar-refractivity contribution in [2.45, 2.75) is 0 Å². The van der Waals surface area contributed by atoms with Crippen molar-refractivity contribution in [3.63, 3.8) is 0 Å². The molecule has 0 fully saturated rings. The number of hydrogen-bond acceptors (Lipinski definition) is 4. The van der Waals surface area contributed by atoms with Crippen LogP contribution in [0, 0.1) is 0 Å². The van der Waals surface area contributed by atoms with Crippen LogP contribution in [-0.2, 0) is 4.74 Å². The summed E-state index contributed by atoms with van der Waals surface area (Å²) >= 11 is 0. The van der Waals surface area contributed by atoms with Gasteiger partial charge in [0.05, 0.1) is 6.26 Å². The van der Waals surface area contributed by atoms with Gasteiger partial charge in [-0.15, -0.1) is 0 Å². The Bertz CT molecular complexity index is 156. The molecule has 2 aliphatic rings. The Kier molecular flexibility index (Phi) is 4.37. The van der Waals surface area contributed by atoms with Crippen LogP contribution in [0.1, 0.15) is 0 Å². The Morgan fingerprint density at radius 2 is 1.58 bits per heavy atom. The average Bonchev–Trinajstić information content (AvgIpc) is 2.24. The van der Waals surface area contributed by atoms with Gasteiger partial charge in [-0.1, -0.05) is 0 Å². The van der Waals surface area contributed by atoms with Gasteiger partial charge in [-0.25, -0.2) is 0 Å². The number of nitrogens with one attached hydrogen (secondary N) is 3. The molecule has 0 saturated carbocycles. The molecule has 2 rings (SSSR count). The van der Waals surface area contributed by atoms with E-state index >= 15 is 0 Å². The van der Waals surface area contributed by atoms with E-state index in [1.165, 1.54) is 0 Å². The number of ether oxygens (including phenoxy) is 1. The van der Waals surface area contributed by atoms with Gasteiger partial charge in [0.1, 0.15) is 6.61 Å². The van der Waals surface area contributed by atoms with Crippen molar-refractivity contribution in [3.05, 3.63) is 37.3 Å². The highest BCUT2D eigenvalue weighted by atomic mass is 16.5. The maximum absolute atomic E-state index is 4.83. The Morgan fingerprint density at radius 1 is 0.917 bits per heavy atom. The van der Waals surface area contributed by atoms with Gasteiger partial charge in [-0.05, 0) is 0 Å². The molecule has 3 N–H and O–H groups in total. The summed E-state index contributed by atoms with van der Waals surface area (Å²) in [6, 6.07) is 0. The van der Waals surface area contributed by atoms with Gasteiger partial charge < -0.3 is 20.7 Å². The van der Waals surface area contributed by atoms with Crippen molar-refractivity contribution >= 4 is 0 Å². The van der Waals surface area contributed by atoms with Crippen LogP contribution < -0.4 is 16.0 Å². The molecular weight excluding hydrogens is 154 g/mol. The van der Waals surface area contributed by atoms with Crippen LogP contribution in [-0.4, -0.2) is 13.2 Å². The van der Waals surface area contributed by atoms with Crippen LogP contribution in [0.25, 0.3) is 0 Å². The van der Waals surface area contributed by atoms with Crippen molar-refractivity contribution in [2.24, 2.45) is 0 Å². The lowest BCUT2D eigenvalue weighted by molar-refractivity contribution is 0.236. The molecule has 0 aromatic carbocycles. The molecule has 2 heterocycles. The third-order valence-electron chi connectivity index (χ3n) is 1.20. The molecule has 0 aromatic heterocycles. The molecule has 0 bridgehead atoms. The minimum atomic E-state index is 0.802. The van der Waals surface area contributed by atoms with Crippen LogP contribution in [0.15, 0.2) is 37.3 Å². The summed E-state index contributed by atoms with van der Waals surface area (Å²) < 4.78 is 4.83. The normalized spacial score (nSPS) is 17.3. The van der Waals surface area contributed by atoms with E-state index in [0.29, 0.717) is 0 Å². The largest absolute Gasteiger partial charge is 0.498 e. The number of hydrogen-bond donors (Lipinski definition) is 3. The van der Waals surface area contributed by atoms with Crippen LogP contribution in [0.2, 0.25) is 0 Å². The van der Waals surface area contributed by atoms with E-state index in [9.17, 15) is 0 Å². The summed E-state index contributed by atoms with van der Waals surface area (Å²) in [6.45, 7) is 1.74. The summed E-state index contributed by atoms with van der Waals surface area (Å²) in [6.07, 6.45) is 10.7. The molecule has 12 heavy (non-hydrogen) atoms. The van der Waals surface area contributed by atoms with E-state index in [1.54, 1.807) is 12.5 Å². The Morgan fingerprint density at radius 3 is 1.75 bits per heavy atom. The van der Waals surface area contributed by atoms with E-state index in [0.717, 1.165) is 13.2 Å². The molecule has 0 amide bonds. The van der Waals surface area contributed by atoms with Crippen LogP contribution in [0.4, 0.5) is 0 Å². The Labute approximate surface area is 72.0 Å². The maximum atomic E-state index is 4.83. The predicted octanol–water partition coefficient (Wildman–Crippen LogP) is 0.199. The third-order valence-corrected chi connectivity index (χ3v) is 1.20. The fourth-order valence-corrected chi connectivity index (χ4v) is 0.669. The van der Waals surface area contributed by atoms with Gasteiger partial charge in [0.2, 0.25) is 0 Å². The zero-order valence-corrected chi connectivity index (χ0v) is 6.79. The van der Waals surface area contributed by atoms with E-state index in [-0.39, 0.29) is 0 Å². The summed E-state index contributed by atoms with van der Waals surface area (Å²) in [5.74, 6) is 0. The second-order valence-electron chi connectivity index (χ2n) is 2.13. The zero-order chi connectivity index (χ0) is 8.49. The lowest BCUT2D eigenvalue weighted by atomic mass is 10.6. The van der Waals surface area contributed by atoms with Crippen molar-refractivity contribution in [2.75, 3.05) is 13.2 Å². The summed E-state index contributed by atoms with van der Waals surface area (Å²) in [7, 11) is 0. The first-order valence-electron chi connectivity index (χ1n) is 3.82. The zero-order valence-electron chi connectivity index (χ0n) is 6.79. The van der Waals surface area contributed by atoms with Crippen molar-refractivity contribution in [1.29, 1.82) is 0 Å². The van der Waals surface area contributed by atoms with E-state index in [1.807, 2.05) is 24.8 Å². The van der Waals surface area contributed by atoms with Gasteiger partial charge >= 0.3 is 0 Å². The molecule has 4 heteroatoms. The maximum Gasteiger partial charge on any atom is 0.105 e. The molecule has 0 radical (unpaired) electrons. The quantitative estimate of drug-likeness (QED) is 0.482. The first-order chi connectivity index (χ1) is 6.00. The summed E-state index contributed by atoms with van der Waals surface area (Å²) in [5.41, 5.74) is 0. The second-order valence-corrected chi connectivity index (χ2v) is 2.13. The first-order valence-corrected chi connectivity index (χ1v) is 3.82. The van der Waals surface area contributed by atoms with E-state index in [4.69, 9.17) is 4.74 Å². The highest BCUT2D eigenvalue weighted by molar-refractivity contribution is 4.95. The minimum Gasteiger partial charge on any atom is -0.498 e. The topological polar surface area (TPSA) is 45.3 Å². The standard InChI is InChI=1S/C4H6N2.C4H7NO/c1-2-6-4-3-5-1;1-3-6-4-2-5-1/h1-6H;1,3,5H,2,4H2. The van der Waals surface area contributed by atoms with E-state index < -0.39 is 0 Å². The van der Waals surface area contributed by atoms with Crippen molar-refractivity contribution in [3.8, 4) is 0 Å². The van der Waals surface area contributed by atoms with Crippen LogP contribution >= 0.6 is 0 Å². The smallest absolute Gasteiger partial charge is 0.105 e. The highest BCUT2D eigenvalue weighted by Gasteiger charge is 1.83. The fourth-order valence-electron chi connectivity index (χ4n) is 0.669. The van der Waals surface area contributed by atoms with E-state index in [2.05, 4.69) is 16.0 Å². The van der Waals surface area contributed by atoms with Crippen LogP contribution in [0.5, 0.6) is 0 Å². The fraction of sp³-hybridized carbons (Fsp3) is 0.250. The molecule has 0 aliphatic carbocycles. The van der Waals surface area contributed by atoms with Crippen LogP contribution in [0.3, 0.4) is 0 Å². The molecule has 0 aromatic rings. The molecule has 0 spiro atoms.